The second-order valence-electron chi connectivity index (χ2n) is 7.36. The molecule has 3 unspecified atom stereocenters. The lowest BCUT2D eigenvalue weighted by atomic mass is 9.57. The van der Waals surface area contributed by atoms with Gasteiger partial charge in [0.2, 0.25) is 0 Å². The van der Waals surface area contributed by atoms with E-state index in [0.29, 0.717) is 12.5 Å². The highest BCUT2D eigenvalue weighted by Gasteiger charge is 2.69. The predicted molar refractivity (Wildman–Crippen MR) is 80.7 cm³/mol. The molecule has 0 spiro atoms. The fourth-order valence-corrected chi connectivity index (χ4v) is 4.98. The normalized spacial score (nSPS) is 38.1. The molecule has 0 amide bonds. The molecule has 3 atom stereocenters. The lowest BCUT2D eigenvalue weighted by Gasteiger charge is -2.51. The molecule has 0 saturated heterocycles. The molecule has 2 fully saturated rings. The molecule has 20 heavy (non-hydrogen) atoms. The van der Waals surface area contributed by atoms with Gasteiger partial charge in [-0.15, -0.1) is 0 Å². The van der Waals surface area contributed by atoms with E-state index in [1.54, 1.807) is 0 Å². The first-order valence-electron chi connectivity index (χ1n) is 7.81. The zero-order chi connectivity index (χ0) is 14.6. The summed E-state index contributed by atoms with van der Waals surface area (Å²) in [5.41, 5.74) is 0.0486. The molecule has 2 aliphatic carbocycles. The first kappa shape index (κ1) is 13.9. The number of hydrogen-bond donors (Lipinski definition) is 1. The van der Waals surface area contributed by atoms with Gasteiger partial charge in [0, 0.05) is 16.4 Å². The van der Waals surface area contributed by atoms with Crippen molar-refractivity contribution in [3.63, 3.8) is 0 Å². The number of hydrogen-bond acceptors (Lipinski definition) is 2. The highest BCUT2D eigenvalue weighted by Crippen LogP contribution is 2.72. The number of benzene rings is 1. The summed E-state index contributed by atoms with van der Waals surface area (Å²) in [5, 5.41) is 11.8. The van der Waals surface area contributed by atoms with Crippen LogP contribution in [0.3, 0.4) is 0 Å². The van der Waals surface area contributed by atoms with Crippen molar-refractivity contribution in [2.24, 2.45) is 16.7 Å². The Morgan fingerprint density at radius 1 is 1.25 bits per heavy atom. The Bertz CT molecular complexity index is 515. The summed E-state index contributed by atoms with van der Waals surface area (Å²) < 4.78 is 5.80. The topological polar surface area (TPSA) is 29.5 Å². The van der Waals surface area contributed by atoms with Crippen LogP contribution in [0.25, 0.3) is 0 Å². The van der Waals surface area contributed by atoms with E-state index in [2.05, 4.69) is 26.8 Å². The van der Waals surface area contributed by atoms with Crippen molar-refractivity contribution < 1.29 is 9.84 Å². The van der Waals surface area contributed by atoms with Gasteiger partial charge in [0.1, 0.15) is 11.4 Å². The smallest absolute Gasteiger partial charge is 0.125 e. The molecule has 110 valence electrons. The summed E-state index contributed by atoms with van der Waals surface area (Å²) in [4.78, 5) is 0. The molecular formula is C18H26O2. The quantitative estimate of drug-likeness (QED) is 0.898. The number of aliphatic hydroxyl groups is 1. The summed E-state index contributed by atoms with van der Waals surface area (Å²) in [6.45, 7) is 9.34. The third-order valence-corrected chi connectivity index (χ3v) is 6.14. The molecule has 3 rings (SSSR count). The number of ether oxygens (including phenoxy) is 1. The molecular weight excluding hydrogens is 248 g/mol. The second kappa shape index (κ2) is 4.24. The zero-order valence-corrected chi connectivity index (χ0v) is 13.1. The number of rotatable bonds is 3. The van der Waals surface area contributed by atoms with Crippen LogP contribution < -0.4 is 4.74 Å². The van der Waals surface area contributed by atoms with E-state index in [-0.39, 0.29) is 10.8 Å². The molecule has 2 bridgehead atoms. The van der Waals surface area contributed by atoms with Gasteiger partial charge in [-0.3, -0.25) is 0 Å². The monoisotopic (exact) mass is 274 g/mol. The van der Waals surface area contributed by atoms with Crippen molar-refractivity contribution >= 4 is 0 Å². The van der Waals surface area contributed by atoms with Crippen LogP contribution in [0.15, 0.2) is 24.3 Å². The van der Waals surface area contributed by atoms with Crippen molar-refractivity contribution in [3.05, 3.63) is 29.8 Å². The van der Waals surface area contributed by atoms with Crippen LogP contribution in [0.5, 0.6) is 5.75 Å². The first-order valence-corrected chi connectivity index (χ1v) is 7.81. The van der Waals surface area contributed by atoms with E-state index < -0.39 is 5.60 Å². The van der Waals surface area contributed by atoms with Crippen LogP contribution in [-0.4, -0.2) is 11.7 Å². The summed E-state index contributed by atoms with van der Waals surface area (Å²) in [5.74, 6) is 1.45. The highest BCUT2D eigenvalue weighted by molar-refractivity contribution is 5.43. The largest absolute Gasteiger partial charge is 0.493 e. The molecule has 1 N–H and O–H groups in total. The van der Waals surface area contributed by atoms with Crippen molar-refractivity contribution in [2.75, 3.05) is 6.61 Å². The second-order valence-corrected chi connectivity index (χ2v) is 7.36. The molecule has 0 heterocycles. The van der Waals surface area contributed by atoms with E-state index >= 15 is 0 Å². The van der Waals surface area contributed by atoms with Gasteiger partial charge < -0.3 is 9.84 Å². The lowest BCUT2D eigenvalue weighted by molar-refractivity contribution is -0.151. The van der Waals surface area contributed by atoms with Gasteiger partial charge in [0.15, 0.2) is 0 Å². The minimum atomic E-state index is -0.797. The third-order valence-electron chi connectivity index (χ3n) is 6.14. The van der Waals surface area contributed by atoms with Gasteiger partial charge in [-0.25, -0.2) is 0 Å². The minimum absolute atomic E-state index is 0.0334. The summed E-state index contributed by atoms with van der Waals surface area (Å²) in [6, 6.07) is 8.04. The molecule has 0 aliphatic heterocycles. The Hall–Kier alpha value is -1.02. The Morgan fingerprint density at radius 3 is 2.55 bits per heavy atom. The molecule has 1 aromatic carbocycles. The lowest BCUT2D eigenvalue weighted by Crippen LogP contribution is -2.51. The fourth-order valence-electron chi connectivity index (χ4n) is 4.98. The van der Waals surface area contributed by atoms with Crippen LogP contribution in [0.4, 0.5) is 0 Å². The highest BCUT2D eigenvalue weighted by atomic mass is 16.5. The average Bonchev–Trinajstić information content (AvgIpc) is 2.88. The molecule has 2 heteroatoms. The fraction of sp³-hybridized carbons (Fsp3) is 0.667. The molecule has 2 nitrogen and oxygen atoms in total. The predicted octanol–water partition coefficient (Wildman–Crippen LogP) is 4.12. The van der Waals surface area contributed by atoms with E-state index in [4.69, 9.17) is 4.74 Å². The summed E-state index contributed by atoms with van der Waals surface area (Å²) in [6.07, 6.45) is 3.47. The van der Waals surface area contributed by atoms with Gasteiger partial charge in [-0.2, -0.15) is 0 Å². The maximum atomic E-state index is 11.8. The van der Waals surface area contributed by atoms with Gasteiger partial charge in [-0.05, 0) is 38.2 Å². The molecule has 0 radical (unpaired) electrons. The number of fused-ring (bicyclic) bond motifs is 2. The van der Waals surface area contributed by atoms with Crippen molar-refractivity contribution in [1.82, 2.24) is 0 Å². The minimum Gasteiger partial charge on any atom is -0.493 e. The third kappa shape index (κ3) is 1.49. The van der Waals surface area contributed by atoms with Crippen LogP contribution >= 0.6 is 0 Å². The van der Waals surface area contributed by atoms with E-state index in [0.717, 1.165) is 24.2 Å². The Balaban J connectivity index is 2.17. The van der Waals surface area contributed by atoms with Crippen molar-refractivity contribution in [2.45, 2.75) is 52.6 Å². The Labute approximate surface area is 122 Å². The Morgan fingerprint density at radius 2 is 1.95 bits per heavy atom. The van der Waals surface area contributed by atoms with Crippen LogP contribution in [0.2, 0.25) is 0 Å². The molecule has 1 aromatic rings. The standard InChI is InChI=1S/C18H26O2/c1-5-20-15-9-7-6-8-14(15)18(19)16(2,3)13-10-11-17(18,4)12-13/h6-9,13,19H,5,10-12H2,1-4H3. The molecule has 2 saturated carbocycles. The summed E-state index contributed by atoms with van der Waals surface area (Å²) >= 11 is 0. The van der Waals surface area contributed by atoms with Crippen LogP contribution in [-0.2, 0) is 5.60 Å². The van der Waals surface area contributed by atoms with Crippen LogP contribution in [0, 0.1) is 16.7 Å². The Kier molecular flexibility index (Phi) is 2.95. The SMILES string of the molecule is CCOc1ccccc1C1(O)C2(C)CCC(C2)C1(C)C. The van der Waals surface area contributed by atoms with E-state index in [1.807, 2.05) is 25.1 Å². The average molecular weight is 274 g/mol. The van der Waals surface area contributed by atoms with Gasteiger partial charge in [0.05, 0.1) is 6.61 Å². The van der Waals surface area contributed by atoms with Crippen LogP contribution in [0.1, 0.15) is 52.5 Å². The first-order chi connectivity index (χ1) is 9.37. The maximum Gasteiger partial charge on any atom is 0.125 e. The molecule has 0 aromatic heterocycles. The van der Waals surface area contributed by atoms with Gasteiger partial charge >= 0.3 is 0 Å². The van der Waals surface area contributed by atoms with Crippen molar-refractivity contribution in [3.8, 4) is 5.75 Å². The van der Waals surface area contributed by atoms with E-state index in [9.17, 15) is 5.11 Å². The molecule has 2 aliphatic rings. The summed E-state index contributed by atoms with van der Waals surface area (Å²) in [7, 11) is 0. The number of para-hydroxylation sites is 1. The maximum absolute atomic E-state index is 11.8. The zero-order valence-electron chi connectivity index (χ0n) is 13.1. The van der Waals surface area contributed by atoms with Gasteiger partial charge in [-0.1, -0.05) is 39.0 Å². The van der Waals surface area contributed by atoms with E-state index in [1.165, 1.54) is 6.42 Å². The van der Waals surface area contributed by atoms with Crippen molar-refractivity contribution in [1.29, 1.82) is 0 Å². The van der Waals surface area contributed by atoms with Gasteiger partial charge in [0.25, 0.3) is 0 Å².